The molecule has 1 amide bonds. The minimum absolute atomic E-state index is 0.00183. The largest absolute Gasteiger partial charge is 0.376 e. The Balaban J connectivity index is 1.85. The first-order chi connectivity index (χ1) is 11.1. The molecule has 0 bridgehead atoms. The molecular formula is C18H20N4O. The number of imidazole rings is 1. The number of nitrogens with one attached hydrogen (secondary N) is 1. The number of para-hydroxylation sites is 4. The molecule has 0 fully saturated rings. The molecule has 1 aromatic heterocycles. The first-order valence-corrected chi connectivity index (χ1v) is 7.55. The zero-order valence-electron chi connectivity index (χ0n) is 13.6. The van der Waals surface area contributed by atoms with Gasteiger partial charge in [-0.3, -0.25) is 4.79 Å². The SMILES string of the molecule is CC(=O)N(C)c1ccccc1NCc1nc2ccccc2n1C. The third-order valence-corrected chi connectivity index (χ3v) is 4.05. The highest BCUT2D eigenvalue weighted by Gasteiger charge is 2.11. The second-order valence-corrected chi connectivity index (χ2v) is 5.52. The minimum atomic E-state index is 0.00183. The summed E-state index contributed by atoms with van der Waals surface area (Å²) in [4.78, 5) is 17.9. The van der Waals surface area contributed by atoms with Crippen molar-refractivity contribution in [2.75, 3.05) is 17.3 Å². The van der Waals surface area contributed by atoms with Gasteiger partial charge in [-0.1, -0.05) is 24.3 Å². The van der Waals surface area contributed by atoms with Gasteiger partial charge in [-0.2, -0.15) is 0 Å². The number of anilines is 2. The molecule has 1 N–H and O–H groups in total. The Morgan fingerprint density at radius 3 is 2.61 bits per heavy atom. The zero-order chi connectivity index (χ0) is 16.4. The summed E-state index contributed by atoms with van der Waals surface area (Å²) in [5.74, 6) is 0.952. The second-order valence-electron chi connectivity index (χ2n) is 5.52. The molecule has 118 valence electrons. The van der Waals surface area contributed by atoms with Crippen molar-refractivity contribution in [3.8, 4) is 0 Å². The van der Waals surface area contributed by atoms with Crippen LogP contribution in [0.1, 0.15) is 12.7 Å². The van der Waals surface area contributed by atoms with Crippen molar-refractivity contribution < 1.29 is 4.79 Å². The average molecular weight is 308 g/mol. The Morgan fingerprint density at radius 1 is 1.17 bits per heavy atom. The first kappa shape index (κ1) is 15.1. The molecule has 1 heterocycles. The molecule has 0 saturated heterocycles. The number of carbonyl (C=O) groups excluding carboxylic acids is 1. The Hall–Kier alpha value is -2.82. The fraction of sp³-hybridized carbons (Fsp3) is 0.222. The van der Waals surface area contributed by atoms with Crippen molar-refractivity contribution >= 4 is 28.3 Å². The van der Waals surface area contributed by atoms with Crippen molar-refractivity contribution in [2.24, 2.45) is 7.05 Å². The number of hydrogen-bond acceptors (Lipinski definition) is 3. The molecular weight excluding hydrogens is 288 g/mol. The lowest BCUT2D eigenvalue weighted by atomic mass is 10.2. The summed E-state index contributed by atoms with van der Waals surface area (Å²) in [5, 5.41) is 3.39. The smallest absolute Gasteiger partial charge is 0.223 e. The summed E-state index contributed by atoms with van der Waals surface area (Å²) >= 11 is 0. The number of hydrogen-bond donors (Lipinski definition) is 1. The Bertz CT molecular complexity index is 853. The predicted molar refractivity (Wildman–Crippen MR) is 93.6 cm³/mol. The van der Waals surface area contributed by atoms with Crippen LogP contribution in [0.3, 0.4) is 0 Å². The van der Waals surface area contributed by atoms with E-state index in [1.54, 1.807) is 18.9 Å². The number of aromatic nitrogens is 2. The summed E-state index contributed by atoms with van der Waals surface area (Å²) in [6.45, 7) is 2.15. The topological polar surface area (TPSA) is 50.2 Å². The van der Waals surface area contributed by atoms with E-state index >= 15 is 0 Å². The van der Waals surface area contributed by atoms with Crippen molar-refractivity contribution in [2.45, 2.75) is 13.5 Å². The van der Waals surface area contributed by atoms with Crippen LogP contribution in [0.5, 0.6) is 0 Å². The van der Waals surface area contributed by atoms with E-state index in [9.17, 15) is 4.79 Å². The van der Waals surface area contributed by atoms with Gasteiger partial charge in [0.05, 0.1) is 29.0 Å². The van der Waals surface area contributed by atoms with Crippen LogP contribution in [-0.2, 0) is 18.4 Å². The van der Waals surface area contributed by atoms with E-state index in [1.165, 1.54) is 0 Å². The number of fused-ring (bicyclic) bond motifs is 1. The van der Waals surface area contributed by atoms with Crippen molar-refractivity contribution in [3.63, 3.8) is 0 Å². The number of carbonyl (C=O) groups is 1. The van der Waals surface area contributed by atoms with Gasteiger partial charge in [0.25, 0.3) is 0 Å². The molecule has 0 spiro atoms. The molecule has 0 atom stereocenters. The molecule has 3 aromatic rings. The van der Waals surface area contributed by atoms with Crippen molar-refractivity contribution in [1.82, 2.24) is 9.55 Å². The van der Waals surface area contributed by atoms with Gasteiger partial charge in [0, 0.05) is 21.0 Å². The lowest BCUT2D eigenvalue weighted by Gasteiger charge is -2.19. The molecule has 0 unspecified atom stereocenters. The molecule has 5 heteroatoms. The molecule has 0 saturated carbocycles. The van der Waals surface area contributed by atoms with E-state index < -0.39 is 0 Å². The number of aryl methyl sites for hydroxylation is 1. The standard InChI is InChI=1S/C18H20N4O/c1-13(23)21(2)16-10-6-4-8-14(16)19-12-18-20-15-9-5-7-11-17(15)22(18)3/h4-11,19H,12H2,1-3H3. The number of rotatable bonds is 4. The van der Waals surface area contributed by atoms with E-state index in [2.05, 4.69) is 20.9 Å². The molecule has 2 aromatic carbocycles. The van der Waals surface area contributed by atoms with E-state index in [4.69, 9.17) is 0 Å². The lowest BCUT2D eigenvalue weighted by Crippen LogP contribution is -2.24. The third-order valence-electron chi connectivity index (χ3n) is 4.05. The Morgan fingerprint density at radius 2 is 1.87 bits per heavy atom. The molecule has 5 nitrogen and oxygen atoms in total. The maximum absolute atomic E-state index is 11.6. The Kier molecular flexibility index (Phi) is 4.02. The summed E-state index contributed by atoms with van der Waals surface area (Å²) < 4.78 is 2.08. The van der Waals surface area contributed by atoms with Crippen LogP contribution in [0.25, 0.3) is 11.0 Å². The summed E-state index contributed by atoms with van der Waals surface area (Å²) in [6.07, 6.45) is 0. The number of amides is 1. The minimum Gasteiger partial charge on any atom is -0.376 e. The first-order valence-electron chi connectivity index (χ1n) is 7.55. The Labute approximate surface area is 135 Å². The van der Waals surface area contributed by atoms with Gasteiger partial charge in [0.2, 0.25) is 5.91 Å². The maximum atomic E-state index is 11.6. The molecule has 3 rings (SSSR count). The number of benzene rings is 2. The van der Waals surface area contributed by atoms with E-state index in [1.807, 2.05) is 49.5 Å². The van der Waals surface area contributed by atoms with Gasteiger partial charge < -0.3 is 14.8 Å². The van der Waals surface area contributed by atoms with Crippen LogP contribution in [0.4, 0.5) is 11.4 Å². The molecule has 23 heavy (non-hydrogen) atoms. The van der Waals surface area contributed by atoms with Crippen LogP contribution < -0.4 is 10.2 Å². The fourth-order valence-electron chi connectivity index (χ4n) is 2.61. The quantitative estimate of drug-likeness (QED) is 0.805. The van der Waals surface area contributed by atoms with Crippen LogP contribution in [0.15, 0.2) is 48.5 Å². The molecule has 0 aliphatic carbocycles. The van der Waals surface area contributed by atoms with Crippen LogP contribution in [-0.4, -0.2) is 22.5 Å². The number of nitrogens with zero attached hydrogens (tertiary/aromatic N) is 3. The summed E-state index contributed by atoms with van der Waals surface area (Å²) in [6, 6.07) is 15.8. The summed E-state index contributed by atoms with van der Waals surface area (Å²) in [7, 11) is 3.79. The highest BCUT2D eigenvalue weighted by molar-refractivity contribution is 5.94. The summed E-state index contributed by atoms with van der Waals surface area (Å²) in [5.41, 5.74) is 3.87. The highest BCUT2D eigenvalue weighted by atomic mass is 16.2. The van der Waals surface area contributed by atoms with Gasteiger partial charge in [0.15, 0.2) is 0 Å². The van der Waals surface area contributed by atoms with E-state index in [-0.39, 0.29) is 5.91 Å². The van der Waals surface area contributed by atoms with Gasteiger partial charge in [-0.05, 0) is 24.3 Å². The third kappa shape index (κ3) is 2.90. The molecule has 0 aliphatic heterocycles. The fourth-order valence-corrected chi connectivity index (χ4v) is 2.61. The zero-order valence-corrected chi connectivity index (χ0v) is 13.6. The van der Waals surface area contributed by atoms with Gasteiger partial charge in [0.1, 0.15) is 5.82 Å². The van der Waals surface area contributed by atoms with E-state index in [0.29, 0.717) is 6.54 Å². The van der Waals surface area contributed by atoms with Crippen molar-refractivity contribution in [1.29, 1.82) is 0 Å². The second kappa shape index (κ2) is 6.12. The van der Waals surface area contributed by atoms with Crippen LogP contribution >= 0.6 is 0 Å². The maximum Gasteiger partial charge on any atom is 0.223 e. The van der Waals surface area contributed by atoms with Crippen molar-refractivity contribution in [3.05, 3.63) is 54.4 Å². The monoisotopic (exact) mass is 308 g/mol. The average Bonchev–Trinajstić information content (AvgIpc) is 2.89. The van der Waals surface area contributed by atoms with Crippen LogP contribution in [0, 0.1) is 0 Å². The van der Waals surface area contributed by atoms with Gasteiger partial charge in [-0.25, -0.2) is 4.98 Å². The van der Waals surface area contributed by atoms with Crippen LogP contribution in [0.2, 0.25) is 0 Å². The lowest BCUT2D eigenvalue weighted by molar-refractivity contribution is -0.116. The molecule has 0 aliphatic rings. The predicted octanol–water partition coefficient (Wildman–Crippen LogP) is 3.17. The normalized spacial score (nSPS) is 10.7. The van der Waals surface area contributed by atoms with E-state index in [0.717, 1.165) is 28.2 Å². The molecule has 0 radical (unpaired) electrons. The van der Waals surface area contributed by atoms with Gasteiger partial charge >= 0.3 is 0 Å². The van der Waals surface area contributed by atoms with Gasteiger partial charge in [-0.15, -0.1) is 0 Å². The highest BCUT2D eigenvalue weighted by Crippen LogP contribution is 2.25.